The summed E-state index contributed by atoms with van der Waals surface area (Å²) in [4.78, 5) is 18.7. The molecule has 0 bridgehead atoms. The highest BCUT2D eigenvalue weighted by Gasteiger charge is 2.12. The second-order valence-electron chi connectivity index (χ2n) is 5.78. The first kappa shape index (κ1) is 18.1. The topological polar surface area (TPSA) is 64.4 Å². The van der Waals surface area contributed by atoms with Gasteiger partial charge in [-0.1, -0.05) is 30.7 Å². The third-order valence-corrected chi connectivity index (χ3v) is 5.26. The van der Waals surface area contributed by atoms with Crippen molar-refractivity contribution in [2.45, 2.75) is 32.6 Å². The van der Waals surface area contributed by atoms with Crippen LogP contribution in [0.3, 0.4) is 0 Å². The molecule has 1 atom stereocenters. The van der Waals surface area contributed by atoms with Crippen LogP contribution in [-0.2, 0) is 24.3 Å². The summed E-state index contributed by atoms with van der Waals surface area (Å²) in [6.07, 6.45) is 1.58. The first-order valence-electron chi connectivity index (χ1n) is 8.05. The molecule has 3 aromatic rings. The number of hydrogen-bond acceptors (Lipinski definition) is 5. The molecule has 2 aromatic heterocycles. The van der Waals surface area contributed by atoms with Crippen LogP contribution >= 0.6 is 22.9 Å². The summed E-state index contributed by atoms with van der Waals surface area (Å²) in [5.74, 6) is 0. The van der Waals surface area contributed by atoms with Crippen molar-refractivity contribution in [1.82, 2.24) is 9.55 Å². The molecule has 25 heavy (non-hydrogen) atoms. The fraction of sp³-hybridized carbons (Fsp3) is 0.333. The van der Waals surface area contributed by atoms with Gasteiger partial charge in [0.1, 0.15) is 4.83 Å². The van der Waals surface area contributed by atoms with E-state index < -0.39 is 6.10 Å². The van der Waals surface area contributed by atoms with Crippen LogP contribution in [0.1, 0.15) is 17.4 Å². The second kappa shape index (κ2) is 8.10. The van der Waals surface area contributed by atoms with Crippen molar-refractivity contribution in [3.63, 3.8) is 0 Å². The SMILES string of the molecule is CCc1cc2c(=O)n(CC(O)COCc3ccc(Cl)cc3)cnc2s1. The lowest BCUT2D eigenvalue weighted by Crippen LogP contribution is -2.29. The standard InChI is InChI=1S/C18H19ClN2O3S/c1-2-15-7-16-17(25-15)20-11-21(18(16)23)8-14(22)10-24-9-12-3-5-13(19)6-4-12/h3-7,11,14,22H,2,8-10H2,1H3. The van der Waals surface area contributed by atoms with Crippen molar-refractivity contribution in [3.05, 3.63) is 62.5 Å². The molecule has 3 rings (SSSR count). The van der Waals surface area contributed by atoms with E-state index in [0.717, 1.165) is 21.7 Å². The van der Waals surface area contributed by atoms with E-state index in [-0.39, 0.29) is 18.7 Å². The van der Waals surface area contributed by atoms with Gasteiger partial charge in [0.2, 0.25) is 0 Å². The Labute approximate surface area is 154 Å². The second-order valence-corrected chi connectivity index (χ2v) is 7.33. The van der Waals surface area contributed by atoms with Crippen LogP contribution in [0.25, 0.3) is 10.2 Å². The zero-order valence-corrected chi connectivity index (χ0v) is 15.4. The van der Waals surface area contributed by atoms with Gasteiger partial charge in [-0.25, -0.2) is 4.98 Å². The van der Waals surface area contributed by atoms with Crippen LogP contribution < -0.4 is 5.56 Å². The average Bonchev–Trinajstić information content (AvgIpc) is 3.03. The fourth-order valence-electron chi connectivity index (χ4n) is 2.49. The van der Waals surface area contributed by atoms with Crippen molar-refractivity contribution >= 4 is 33.2 Å². The summed E-state index contributed by atoms with van der Waals surface area (Å²) in [6, 6.07) is 9.22. The summed E-state index contributed by atoms with van der Waals surface area (Å²) < 4.78 is 6.95. The van der Waals surface area contributed by atoms with Gasteiger partial charge in [-0.15, -0.1) is 11.3 Å². The molecule has 7 heteroatoms. The van der Waals surface area contributed by atoms with Gasteiger partial charge < -0.3 is 9.84 Å². The van der Waals surface area contributed by atoms with Crippen LogP contribution in [0, 0.1) is 0 Å². The highest BCUT2D eigenvalue weighted by molar-refractivity contribution is 7.18. The minimum Gasteiger partial charge on any atom is -0.389 e. The van der Waals surface area contributed by atoms with Crippen molar-refractivity contribution in [2.24, 2.45) is 0 Å². The quantitative estimate of drug-likeness (QED) is 0.685. The predicted molar refractivity (Wildman–Crippen MR) is 100 cm³/mol. The number of hydrogen-bond donors (Lipinski definition) is 1. The number of nitrogens with zero attached hydrogens (tertiary/aromatic N) is 2. The molecule has 0 fully saturated rings. The van der Waals surface area contributed by atoms with Crippen LogP contribution in [0.15, 0.2) is 41.5 Å². The van der Waals surface area contributed by atoms with Gasteiger partial charge in [-0.3, -0.25) is 9.36 Å². The van der Waals surface area contributed by atoms with E-state index in [2.05, 4.69) is 4.98 Å². The Bertz CT molecular complexity index is 905. The maximum Gasteiger partial charge on any atom is 0.262 e. The number of thiophene rings is 1. The summed E-state index contributed by atoms with van der Waals surface area (Å²) in [5, 5.41) is 11.4. The Balaban J connectivity index is 1.59. The summed E-state index contributed by atoms with van der Waals surface area (Å²) >= 11 is 7.37. The third kappa shape index (κ3) is 4.46. The van der Waals surface area contributed by atoms with Crippen LogP contribution in [0.4, 0.5) is 0 Å². The molecule has 0 saturated heterocycles. The number of aliphatic hydroxyl groups is 1. The number of rotatable bonds is 7. The number of halogens is 1. The van der Waals surface area contributed by atoms with E-state index in [1.165, 1.54) is 22.2 Å². The van der Waals surface area contributed by atoms with E-state index in [1.807, 2.05) is 25.1 Å². The summed E-state index contributed by atoms with van der Waals surface area (Å²) in [6.45, 7) is 2.71. The lowest BCUT2D eigenvalue weighted by atomic mass is 10.2. The maximum absolute atomic E-state index is 12.5. The third-order valence-electron chi connectivity index (χ3n) is 3.82. The molecule has 1 N–H and O–H groups in total. The van der Waals surface area contributed by atoms with Gasteiger partial charge >= 0.3 is 0 Å². The largest absolute Gasteiger partial charge is 0.389 e. The highest BCUT2D eigenvalue weighted by atomic mass is 35.5. The molecule has 5 nitrogen and oxygen atoms in total. The predicted octanol–water partition coefficient (Wildman–Crippen LogP) is 3.25. The molecule has 0 aliphatic heterocycles. The van der Waals surface area contributed by atoms with E-state index in [1.54, 1.807) is 12.1 Å². The minimum atomic E-state index is -0.784. The molecule has 0 radical (unpaired) electrons. The molecule has 1 aromatic carbocycles. The molecular formula is C18H19ClN2O3S. The normalized spacial score (nSPS) is 12.6. The highest BCUT2D eigenvalue weighted by Crippen LogP contribution is 2.21. The van der Waals surface area contributed by atoms with E-state index >= 15 is 0 Å². The molecular weight excluding hydrogens is 360 g/mol. The number of ether oxygens (including phenoxy) is 1. The van der Waals surface area contributed by atoms with Gasteiger partial charge in [-0.2, -0.15) is 0 Å². The smallest absolute Gasteiger partial charge is 0.262 e. The molecule has 0 spiro atoms. The van der Waals surface area contributed by atoms with Gasteiger partial charge in [0, 0.05) is 9.90 Å². The molecule has 2 heterocycles. The Morgan fingerprint density at radius 2 is 2.12 bits per heavy atom. The Hall–Kier alpha value is -1.73. The zero-order valence-electron chi connectivity index (χ0n) is 13.8. The Morgan fingerprint density at radius 1 is 1.36 bits per heavy atom. The summed E-state index contributed by atoms with van der Waals surface area (Å²) in [5.41, 5.74) is 0.847. The molecule has 132 valence electrons. The lowest BCUT2D eigenvalue weighted by Gasteiger charge is -2.13. The van der Waals surface area contributed by atoms with Crippen molar-refractivity contribution in [1.29, 1.82) is 0 Å². The number of benzene rings is 1. The number of fused-ring (bicyclic) bond motifs is 1. The zero-order chi connectivity index (χ0) is 17.8. The van der Waals surface area contributed by atoms with E-state index in [0.29, 0.717) is 17.0 Å². The van der Waals surface area contributed by atoms with Crippen molar-refractivity contribution in [3.8, 4) is 0 Å². The van der Waals surface area contributed by atoms with Crippen molar-refractivity contribution in [2.75, 3.05) is 6.61 Å². The van der Waals surface area contributed by atoms with Gasteiger partial charge in [-0.05, 0) is 30.2 Å². The number of aryl methyl sites for hydroxylation is 1. The Morgan fingerprint density at radius 3 is 2.84 bits per heavy atom. The maximum atomic E-state index is 12.5. The molecule has 0 aliphatic rings. The molecule has 1 unspecified atom stereocenters. The molecule has 0 aliphatic carbocycles. The number of aromatic nitrogens is 2. The van der Waals surface area contributed by atoms with Gasteiger partial charge in [0.25, 0.3) is 5.56 Å². The molecule has 0 saturated carbocycles. The van der Waals surface area contributed by atoms with Gasteiger partial charge in [0.05, 0.1) is 37.6 Å². The minimum absolute atomic E-state index is 0.127. The van der Waals surface area contributed by atoms with Crippen LogP contribution in [-0.4, -0.2) is 27.4 Å². The Kier molecular flexibility index (Phi) is 5.86. The average molecular weight is 379 g/mol. The first-order chi connectivity index (χ1) is 12.1. The number of aliphatic hydroxyl groups excluding tert-OH is 1. The van der Waals surface area contributed by atoms with Crippen molar-refractivity contribution < 1.29 is 9.84 Å². The monoisotopic (exact) mass is 378 g/mol. The lowest BCUT2D eigenvalue weighted by molar-refractivity contribution is 0.0198. The van der Waals surface area contributed by atoms with Crippen LogP contribution in [0.2, 0.25) is 5.02 Å². The van der Waals surface area contributed by atoms with Gasteiger partial charge in [0.15, 0.2) is 0 Å². The van der Waals surface area contributed by atoms with Crippen LogP contribution in [0.5, 0.6) is 0 Å². The first-order valence-corrected chi connectivity index (χ1v) is 9.24. The molecule has 0 amide bonds. The van der Waals surface area contributed by atoms with E-state index in [9.17, 15) is 9.90 Å². The fourth-order valence-corrected chi connectivity index (χ4v) is 3.54. The van der Waals surface area contributed by atoms with E-state index in [4.69, 9.17) is 16.3 Å². The summed E-state index contributed by atoms with van der Waals surface area (Å²) in [7, 11) is 0.